The van der Waals surface area contributed by atoms with Crippen LogP contribution in [0, 0.1) is 10.1 Å². The Bertz CT molecular complexity index is 575. The number of hydrogen-bond acceptors (Lipinski definition) is 3. The summed E-state index contributed by atoms with van der Waals surface area (Å²) in [5.74, 6) is 0. The molecule has 86 valence electrons. The van der Waals surface area contributed by atoms with Crippen molar-refractivity contribution in [2.24, 2.45) is 0 Å². The van der Waals surface area contributed by atoms with Crippen LogP contribution in [0.3, 0.4) is 0 Å². The fourth-order valence-corrected chi connectivity index (χ4v) is 3.28. The number of fused-ring (bicyclic) bond motifs is 1. The molecule has 2 aromatic rings. The molecule has 0 saturated carbocycles. The number of aryl methyl sites for hydroxylation is 1. The van der Waals surface area contributed by atoms with Gasteiger partial charge in [-0.25, -0.2) is 0 Å². The van der Waals surface area contributed by atoms with Crippen molar-refractivity contribution >= 4 is 17.0 Å². The van der Waals surface area contributed by atoms with Crippen LogP contribution < -0.4 is 4.57 Å². The van der Waals surface area contributed by atoms with E-state index in [-0.39, 0.29) is 10.6 Å². The van der Waals surface area contributed by atoms with E-state index < -0.39 is 0 Å². The predicted molar refractivity (Wildman–Crippen MR) is 64.9 cm³/mol. The summed E-state index contributed by atoms with van der Waals surface area (Å²) in [6.45, 7) is 1.06. The first-order valence-corrected chi connectivity index (χ1v) is 6.39. The van der Waals surface area contributed by atoms with Gasteiger partial charge in [0, 0.05) is 30.5 Å². The Hall–Kier alpha value is -1.75. The number of aromatic nitrogens is 1. The Labute approximate surface area is 102 Å². The highest BCUT2D eigenvalue weighted by atomic mass is 32.1. The summed E-state index contributed by atoms with van der Waals surface area (Å²) in [6, 6.07) is 6.78. The van der Waals surface area contributed by atoms with Crippen molar-refractivity contribution in [3.05, 3.63) is 44.8 Å². The minimum Gasteiger partial charge on any atom is -0.258 e. The third kappa shape index (κ3) is 1.72. The fourth-order valence-electron chi connectivity index (χ4n) is 2.19. The van der Waals surface area contributed by atoms with Gasteiger partial charge in [0.05, 0.1) is 10.3 Å². The minimum atomic E-state index is -0.366. The molecule has 0 N–H and O–H groups in total. The van der Waals surface area contributed by atoms with Crippen LogP contribution in [0.15, 0.2) is 29.6 Å². The number of thiazole rings is 1. The van der Waals surface area contributed by atoms with Gasteiger partial charge in [0.2, 0.25) is 10.7 Å². The van der Waals surface area contributed by atoms with Gasteiger partial charge >= 0.3 is 0 Å². The van der Waals surface area contributed by atoms with Crippen molar-refractivity contribution in [2.45, 2.75) is 19.4 Å². The van der Waals surface area contributed by atoms with Crippen LogP contribution in [0.25, 0.3) is 11.3 Å². The van der Waals surface area contributed by atoms with Crippen LogP contribution in [0.5, 0.6) is 0 Å². The van der Waals surface area contributed by atoms with Gasteiger partial charge in [0.1, 0.15) is 0 Å². The average molecular weight is 247 g/mol. The molecule has 2 heterocycles. The van der Waals surface area contributed by atoms with E-state index in [0.29, 0.717) is 0 Å². The highest BCUT2D eigenvalue weighted by molar-refractivity contribution is 7.09. The Morgan fingerprint density at radius 1 is 1.29 bits per heavy atom. The van der Waals surface area contributed by atoms with Crippen molar-refractivity contribution < 1.29 is 9.49 Å². The molecule has 4 nitrogen and oxygen atoms in total. The smallest absolute Gasteiger partial charge is 0.258 e. The zero-order valence-electron chi connectivity index (χ0n) is 9.13. The number of hydrogen-bond donors (Lipinski definition) is 0. The summed E-state index contributed by atoms with van der Waals surface area (Å²) in [4.78, 5) is 10.2. The summed E-state index contributed by atoms with van der Waals surface area (Å²) in [6.07, 6.45) is 2.35. The summed E-state index contributed by atoms with van der Waals surface area (Å²) >= 11 is 1.77. The van der Waals surface area contributed by atoms with E-state index in [0.717, 1.165) is 18.5 Å². The van der Waals surface area contributed by atoms with E-state index in [4.69, 9.17) is 0 Å². The molecule has 1 aromatic heterocycles. The molecule has 0 spiro atoms. The Morgan fingerprint density at radius 3 is 2.76 bits per heavy atom. The number of nitro benzene ring substituents is 1. The second-order valence-electron chi connectivity index (χ2n) is 4.07. The van der Waals surface area contributed by atoms with Crippen LogP contribution in [0.4, 0.5) is 5.69 Å². The molecule has 0 aliphatic carbocycles. The molecule has 1 aliphatic rings. The number of benzene rings is 1. The lowest BCUT2D eigenvalue weighted by molar-refractivity contribution is -0.675. The maximum atomic E-state index is 10.6. The van der Waals surface area contributed by atoms with Crippen molar-refractivity contribution in [1.29, 1.82) is 0 Å². The van der Waals surface area contributed by atoms with Crippen molar-refractivity contribution in [3.8, 4) is 11.3 Å². The number of nitro groups is 1. The fraction of sp³-hybridized carbons (Fsp3) is 0.250. The Balaban J connectivity index is 2.01. The van der Waals surface area contributed by atoms with Gasteiger partial charge in [-0.05, 0) is 12.1 Å². The van der Waals surface area contributed by atoms with Crippen LogP contribution in [-0.2, 0) is 13.0 Å². The summed E-state index contributed by atoms with van der Waals surface area (Å²) in [5, 5.41) is 14.1. The lowest BCUT2D eigenvalue weighted by Gasteiger charge is -1.96. The SMILES string of the molecule is O=[N+]([O-])c1ccc(-c2csc3[n+]2CCC3)cc1. The maximum Gasteiger partial charge on any atom is 0.269 e. The van der Waals surface area contributed by atoms with Crippen LogP contribution in [-0.4, -0.2) is 4.92 Å². The Kier molecular flexibility index (Phi) is 2.40. The van der Waals surface area contributed by atoms with Gasteiger partial charge in [0.15, 0.2) is 6.54 Å². The second kappa shape index (κ2) is 3.92. The van der Waals surface area contributed by atoms with Gasteiger partial charge < -0.3 is 0 Å². The van der Waals surface area contributed by atoms with Gasteiger partial charge in [-0.2, -0.15) is 4.57 Å². The molecule has 1 aliphatic heterocycles. The highest BCUT2D eigenvalue weighted by Crippen LogP contribution is 2.25. The third-order valence-electron chi connectivity index (χ3n) is 3.04. The molecule has 1 aromatic carbocycles. The number of non-ortho nitro benzene ring substituents is 1. The zero-order valence-corrected chi connectivity index (χ0v) is 9.94. The van der Waals surface area contributed by atoms with Crippen LogP contribution >= 0.6 is 11.3 Å². The molecule has 5 heteroatoms. The van der Waals surface area contributed by atoms with E-state index in [2.05, 4.69) is 9.95 Å². The summed E-state index contributed by atoms with van der Waals surface area (Å²) < 4.78 is 2.31. The number of rotatable bonds is 2. The van der Waals surface area contributed by atoms with E-state index in [9.17, 15) is 10.1 Å². The first kappa shape index (κ1) is 10.4. The van der Waals surface area contributed by atoms with Crippen molar-refractivity contribution in [1.82, 2.24) is 0 Å². The summed E-state index contributed by atoms with van der Waals surface area (Å²) in [5.41, 5.74) is 2.38. The molecular formula is C12H11N2O2S+. The highest BCUT2D eigenvalue weighted by Gasteiger charge is 2.26. The maximum absolute atomic E-state index is 10.6. The molecule has 0 bridgehead atoms. The van der Waals surface area contributed by atoms with Crippen LogP contribution in [0.1, 0.15) is 11.4 Å². The Morgan fingerprint density at radius 2 is 2.06 bits per heavy atom. The lowest BCUT2D eigenvalue weighted by atomic mass is 10.1. The molecule has 0 radical (unpaired) electrons. The molecule has 0 fully saturated rings. The van der Waals surface area contributed by atoms with E-state index >= 15 is 0 Å². The topological polar surface area (TPSA) is 47.0 Å². The first-order valence-electron chi connectivity index (χ1n) is 5.51. The zero-order chi connectivity index (χ0) is 11.8. The van der Waals surface area contributed by atoms with Crippen molar-refractivity contribution in [2.75, 3.05) is 0 Å². The van der Waals surface area contributed by atoms with E-state index in [1.807, 2.05) is 12.1 Å². The monoisotopic (exact) mass is 247 g/mol. The molecule has 17 heavy (non-hydrogen) atoms. The van der Waals surface area contributed by atoms with Gasteiger partial charge in [-0.15, -0.1) is 0 Å². The normalized spacial score (nSPS) is 13.6. The van der Waals surface area contributed by atoms with Crippen LogP contribution in [0.2, 0.25) is 0 Å². The molecule has 0 unspecified atom stereocenters. The quantitative estimate of drug-likeness (QED) is 0.465. The third-order valence-corrected chi connectivity index (χ3v) is 4.08. The first-order chi connectivity index (χ1) is 8.25. The van der Waals surface area contributed by atoms with Gasteiger partial charge in [-0.3, -0.25) is 10.1 Å². The minimum absolute atomic E-state index is 0.144. The summed E-state index contributed by atoms with van der Waals surface area (Å²) in [7, 11) is 0. The van der Waals surface area contributed by atoms with Gasteiger partial charge in [-0.1, -0.05) is 11.3 Å². The molecule has 3 rings (SSSR count). The van der Waals surface area contributed by atoms with E-state index in [1.165, 1.54) is 17.1 Å². The molecule has 0 atom stereocenters. The molecule has 0 amide bonds. The van der Waals surface area contributed by atoms with Crippen molar-refractivity contribution in [3.63, 3.8) is 0 Å². The second-order valence-corrected chi connectivity index (χ2v) is 5.02. The van der Waals surface area contributed by atoms with Gasteiger partial charge in [0.25, 0.3) is 5.69 Å². The largest absolute Gasteiger partial charge is 0.269 e. The standard InChI is InChI=1S/C12H11N2O2S/c15-14(16)10-5-3-9(4-6-10)11-8-17-12-2-1-7-13(11)12/h3-6,8H,1-2,7H2/q+1. The number of nitrogens with zero attached hydrogens (tertiary/aromatic N) is 2. The molecular weight excluding hydrogens is 236 g/mol. The average Bonchev–Trinajstić information content (AvgIpc) is 2.90. The molecule has 0 saturated heterocycles. The van der Waals surface area contributed by atoms with E-state index in [1.54, 1.807) is 23.5 Å². The lowest BCUT2D eigenvalue weighted by Crippen LogP contribution is -2.32. The predicted octanol–water partition coefficient (Wildman–Crippen LogP) is 2.56.